The number of halogens is 2. The molecule has 0 bridgehead atoms. The summed E-state index contributed by atoms with van der Waals surface area (Å²) in [4.78, 5) is 18.3. The molecule has 3 aromatic carbocycles. The molecule has 1 unspecified atom stereocenters. The minimum Gasteiger partial charge on any atom is -0.490 e. The molecule has 0 saturated carbocycles. The van der Waals surface area contributed by atoms with Crippen LogP contribution < -0.4 is 14.8 Å². The van der Waals surface area contributed by atoms with Gasteiger partial charge in [-0.3, -0.25) is 0 Å². The Bertz CT molecular complexity index is 1710. The molecule has 230 valence electrons. The van der Waals surface area contributed by atoms with E-state index < -0.39 is 12.0 Å². The van der Waals surface area contributed by atoms with Crippen LogP contribution in [0.3, 0.4) is 0 Å². The van der Waals surface area contributed by atoms with Gasteiger partial charge in [0.1, 0.15) is 12.6 Å². The van der Waals surface area contributed by atoms with E-state index in [4.69, 9.17) is 35.9 Å². The van der Waals surface area contributed by atoms with Gasteiger partial charge in [-0.25, -0.2) is 9.48 Å². The number of carbonyl (C=O) groups is 1. The van der Waals surface area contributed by atoms with Crippen LogP contribution in [0.5, 0.6) is 11.5 Å². The Morgan fingerprint density at radius 1 is 1.11 bits per heavy atom. The van der Waals surface area contributed by atoms with Gasteiger partial charge in [-0.2, -0.15) is 4.98 Å². The lowest BCUT2D eigenvalue weighted by Gasteiger charge is -2.29. The zero-order chi connectivity index (χ0) is 31.4. The molecular formula is C33H34BrClN4O4S. The second-order valence-electron chi connectivity index (χ2n) is 10.6. The lowest BCUT2D eigenvalue weighted by molar-refractivity contribution is -0.143. The molecule has 2 heterocycles. The standard InChI is InChI=1S/C33H34BrClN4O4S/c1-6-41-27-16-24(15-25(34)30(27)42-17-22-11-9-10-20(4)14-22)29-28(31(40)43-19(2)3)21(5)36-32-37-33(38-39(29)32)44-18-23-12-7-8-13-26(23)35/h7-16,19,29H,6,17-18H2,1-5H3,(H,36,37,38). The number of anilines is 1. The SMILES string of the molecule is CCOc1cc(C2C(C(=O)OC(C)C)=C(C)Nc3nc(SCc4ccccc4Cl)nn32)cc(Br)c1OCc1cccc(C)c1. The molecule has 0 spiro atoms. The van der Waals surface area contributed by atoms with Crippen LogP contribution in [0.15, 0.2) is 81.6 Å². The number of rotatable bonds is 11. The second-order valence-corrected chi connectivity index (χ2v) is 12.8. The van der Waals surface area contributed by atoms with Crippen LogP contribution in [0.2, 0.25) is 5.02 Å². The summed E-state index contributed by atoms with van der Waals surface area (Å²) in [5, 5.41) is 9.35. The highest BCUT2D eigenvalue weighted by atomic mass is 79.9. The highest BCUT2D eigenvalue weighted by Crippen LogP contribution is 2.44. The Morgan fingerprint density at radius 2 is 1.91 bits per heavy atom. The maximum Gasteiger partial charge on any atom is 0.338 e. The third-order valence-electron chi connectivity index (χ3n) is 6.82. The molecule has 1 aliphatic rings. The van der Waals surface area contributed by atoms with E-state index in [9.17, 15) is 4.79 Å². The van der Waals surface area contributed by atoms with Crippen LogP contribution in [0.25, 0.3) is 0 Å². The number of benzene rings is 3. The Morgan fingerprint density at radius 3 is 2.64 bits per heavy atom. The molecular weight excluding hydrogens is 664 g/mol. The quantitative estimate of drug-likeness (QED) is 0.123. The summed E-state index contributed by atoms with van der Waals surface area (Å²) in [6.45, 7) is 10.3. The van der Waals surface area contributed by atoms with Crippen LogP contribution in [0.4, 0.5) is 5.95 Å². The van der Waals surface area contributed by atoms with Crippen LogP contribution >= 0.6 is 39.3 Å². The van der Waals surface area contributed by atoms with Gasteiger partial charge in [-0.05, 0) is 85.4 Å². The Kier molecular flexibility index (Phi) is 10.2. The highest BCUT2D eigenvalue weighted by Gasteiger charge is 2.36. The number of nitrogens with one attached hydrogen (secondary N) is 1. The first-order valence-electron chi connectivity index (χ1n) is 14.3. The van der Waals surface area contributed by atoms with Crippen molar-refractivity contribution in [3.8, 4) is 11.5 Å². The minimum absolute atomic E-state index is 0.301. The van der Waals surface area contributed by atoms with Gasteiger partial charge in [-0.1, -0.05) is 71.4 Å². The van der Waals surface area contributed by atoms with Crippen LogP contribution in [-0.4, -0.2) is 33.4 Å². The average Bonchev–Trinajstić information content (AvgIpc) is 3.37. The van der Waals surface area contributed by atoms with Crippen LogP contribution in [0.1, 0.15) is 56.0 Å². The van der Waals surface area contributed by atoms with Crippen molar-refractivity contribution in [3.05, 3.63) is 104 Å². The van der Waals surface area contributed by atoms with Crippen molar-refractivity contribution in [1.82, 2.24) is 14.8 Å². The molecule has 4 aromatic rings. The van der Waals surface area contributed by atoms with Crippen LogP contribution in [0, 0.1) is 6.92 Å². The molecule has 5 rings (SSSR count). The number of hydrogen-bond acceptors (Lipinski definition) is 8. The van der Waals surface area contributed by atoms with Gasteiger partial charge in [0.05, 0.1) is 22.8 Å². The molecule has 0 saturated heterocycles. The third kappa shape index (κ3) is 7.25. The van der Waals surface area contributed by atoms with E-state index in [0.717, 1.165) is 22.3 Å². The van der Waals surface area contributed by atoms with E-state index >= 15 is 0 Å². The zero-order valence-electron chi connectivity index (χ0n) is 25.2. The van der Waals surface area contributed by atoms with Gasteiger partial charge in [0.25, 0.3) is 0 Å². The fourth-order valence-corrected chi connectivity index (χ4v) is 6.60. The van der Waals surface area contributed by atoms with Gasteiger partial charge < -0.3 is 19.5 Å². The summed E-state index contributed by atoms with van der Waals surface area (Å²) in [7, 11) is 0. The van der Waals surface area contributed by atoms with Crippen molar-refractivity contribution in [3.63, 3.8) is 0 Å². The maximum absolute atomic E-state index is 13.5. The number of aromatic nitrogens is 3. The molecule has 0 radical (unpaired) electrons. The lowest BCUT2D eigenvalue weighted by Crippen LogP contribution is -2.30. The number of carbonyl (C=O) groups excluding carboxylic acids is 1. The topological polar surface area (TPSA) is 87.5 Å². The summed E-state index contributed by atoms with van der Waals surface area (Å²) >= 11 is 11.6. The van der Waals surface area contributed by atoms with Crippen molar-refractivity contribution in [2.75, 3.05) is 11.9 Å². The second kappa shape index (κ2) is 14.1. The summed E-state index contributed by atoms with van der Waals surface area (Å²) in [5.74, 6) is 1.80. The maximum atomic E-state index is 13.5. The largest absolute Gasteiger partial charge is 0.490 e. The monoisotopic (exact) mass is 696 g/mol. The number of fused-ring (bicyclic) bond motifs is 1. The highest BCUT2D eigenvalue weighted by molar-refractivity contribution is 9.10. The van der Waals surface area contributed by atoms with Crippen molar-refractivity contribution in [2.24, 2.45) is 0 Å². The molecule has 44 heavy (non-hydrogen) atoms. The summed E-state index contributed by atoms with van der Waals surface area (Å²) < 4.78 is 20.5. The fourth-order valence-electron chi connectivity index (χ4n) is 4.91. The third-order valence-corrected chi connectivity index (χ3v) is 8.67. The number of ether oxygens (including phenoxy) is 3. The molecule has 0 aliphatic carbocycles. The normalized spacial score (nSPS) is 14.3. The van der Waals surface area contributed by atoms with Gasteiger partial charge in [0.15, 0.2) is 11.5 Å². The molecule has 1 atom stereocenters. The number of esters is 1. The number of thioether (sulfide) groups is 1. The van der Waals surface area contributed by atoms with Crippen LogP contribution in [-0.2, 0) is 21.9 Å². The molecule has 1 aromatic heterocycles. The molecule has 8 nitrogen and oxygen atoms in total. The van der Waals surface area contributed by atoms with Crippen molar-refractivity contribution < 1.29 is 19.0 Å². The molecule has 11 heteroatoms. The average molecular weight is 698 g/mol. The summed E-state index contributed by atoms with van der Waals surface area (Å²) in [6, 6.07) is 19.1. The first-order chi connectivity index (χ1) is 21.1. The Labute approximate surface area is 275 Å². The molecule has 1 N–H and O–H groups in total. The molecule has 0 amide bonds. The smallest absolute Gasteiger partial charge is 0.338 e. The van der Waals surface area contributed by atoms with Gasteiger partial charge in [0.2, 0.25) is 11.1 Å². The van der Waals surface area contributed by atoms with Crippen molar-refractivity contribution in [1.29, 1.82) is 0 Å². The lowest BCUT2D eigenvalue weighted by atomic mass is 9.95. The number of nitrogens with zero attached hydrogens (tertiary/aromatic N) is 3. The number of aryl methyl sites for hydroxylation is 1. The van der Waals surface area contributed by atoms with Gasteiger partial charge in [-0.15, -0.1) is 5.10 Å². The Balaban J connectivity index is 1.53. The van der Waals surface area contributed by atoms with E-state index in [0.29, 0.717) is 62.3 Å². The van der Waals surface area contributed by atoms with Gasteiger partial charge >= 0.3 is 5.97 Å². The predicted octanol–water partition coefficient (Wildman–Crippen LogP) is 8.51. The van der Waals surface area contributed by atoms with E-state index in [-0.39, 0.29) is 6.10 Å². The van der Waals surface area contributed by atoms with Crippen molar-refractivity contribution >= 4 is 51.2 Å². The molecule has 0 fully saturated rings. The van der Waals surface area contributed by atoms with Gasteiger partial charge in [0, 0.05) is 16.5 Å². The van der Waals surface area contributed by atoms with E-state index in [1.807, 2.05) is 76.2 Å². The van der Waals surface area contributed by atoms with E-state index in [1.165, 1.54) is 11.8 Å². The summed E-state index contributed by atoms with van der Waals surface area (Å²) in [6.07, 6.45) is -0.301. The predicted molar refractivity (Wildman–Crippen MR) is 178 cm³/mol. The molecule has 1 aliphatic heterocycles. The first-order valence-corrected chi connectivity index (χ1v) is 16.5. The number of allylic oxidation sites excluding steroid dienone is 1. The fraction of sp³-hybridized carbons (Fsp3) is 0.303. The van der Waals surface area contributed by atoms with E-state index in [1.54, 1.807) is 4.68 Å². The first kappa shape index (κ1) is 31.9. The van der Waals surface area contributed by atoms with Crippen molar-refractivity contribution in [2.45, 2.75) is 64.3 Å². The zero-order valence-corrected chi connectivity index (χ0v) is 28.3. The summed E-state index contributed by atoms with van der Waals surface area (Å²) in [5.41, 5.74) is 5.02. The minimum atomic E-state index is -0.638. The van der Waals surface area contributed by atoms with E-state index in [2.05, 4.69) is 40.3 Å². The Hall–Kier alpha value is -3.47. The number of hydrogen-bond donors (Lipinski definition) is 1.